The fourth-order valence-electron chi connectivity index (χ4n) is 3.90. The molecule has 0 radical (unpaired) electrons. The number of nitrogens with two attached hydrogens (primary N) is 1. The Morgan fingerprint density at radius 2 is 2.12 bits per heavy atom. The van der Waals surface area contributed by atoms with Gasteiger partial charge in [-0.05, 0) is 63.5 Å². The molecule has 170 valence electrons. The molecule has 33 heavy (non-hydrogen) atoms. The lowest BCUT2D eigenvalue weighted by atomic mass is 9.98. The summed E-state index contributed by atoms with van der Waals surface area (Å²) in [7, 11) is 0. The monoisotopic (exact) mass is 444 g/mol. The van der Waals surface area contributed by atoms with Gasteiger partial charge in [0, 0.05) is 29.9 Å². The van der Waals surface area contributed by atoms with Crippen molar-refractivity contribution in [1.82, 2.24) is 19.5 Å². The van der Waals surface area contributed by atoms with Gasteiger partial charge in [0.15, 0.2) is 11.7 Å². The smallest absolute Gasteiger partial charge is 0.200 e. The number of nitriles is 1. The second-order valence-corrected chi connectivity index (χ2v) is 8.39. The number of hydrazone groups is 1. The number of azo groups is 1. The van der Waals surface area contributed by atoms with Crippen molar-refractivity contribution in [2.75, 3.05) is 18.4 Å². The van der Waals surface area contributed by atoms with Gasteiger partial charge < -0.3 is 11.2 Å². The van der Waals surface area contributed by atoms with Crippen LogP contribution in [-0.2, 0) is 6.54 Å². The van der Waals surface area contributed by atoms with Gasteiger partial charge in [-0.2, -0.15) is 20.6 Å². The molecule has 0 bridgehead atoms. The van der Waals surface area contributed by atoms with Crippen molar-refractivity contribution in [3.8, 4) is 6.07 Å². The zero-order valence-electron chi connectivity index (χ0n) is 18.9. The number of benzene rings is 1. The summed E-state index contributed by atoms with van der Waals surface area (Å²) in [6, 6.07) is 12.2. The third kappa shape index (κ3) is 5.32. The van der Waals surface area contributed by atoms with Crippen molar-refractivity contribution in [1.29, 1.82) is 5.26 Å². The molecule has 0 aliphatic carbocycles. The lowest BCUT2D eigenvalue weighted by Crippen LogP contribution is -2.32. The molecule has 10 nitrogen and oxygen atoms in total. The Morgan fingerprint density at radius 1 is 1.30 bits per heavy atom. The fourth-order valence-corrected chi connectivity index (χ4v) is 3.90. The first-order chi connectivity index (χ1) is 16.1. The lowest BCUT2D eigenvalue weighted by Gasteiger charge is -2.28. The maximum absolute atomic E-state index is 9.15. The van der Waals surface area contributed by atoms with Crippen molar-refractivity contribution < 1.29 is 0 Å². The highest BCUT2D eigenvalue weighted by atomic mass is 15.3. The van der Waals surface area contributed by atoms with E-state index in [0.717, 1.165) is 54.8 Å². The van der Waals surface area contributed by atoms with E-state index in [0.29, 0.717) is 11.7 Å². The minimum absolute atomic E-state index is 0.0517. The molecule has 0 amide bonds. The van der Waals surface area contributed by atoms with Crippen molar-refractivity contribution in [3.63, 3.8) is 0 Å². The largest absolute Gasteiger partial charge is 0.338 e. The van der Waals surface area contributed by atoms with E-state index in [1.807, 2.05) is 48.8 Å². The number of anilines is 2. The van der Waals surface area contributed by atoms with E-state index >= 15 is 0 Å². The van der Waals surface area contributed by atoms with E-state index in [1.54, 1.807) is 0 Å². The standard InChI is InChI=1S/C23H28N10/c1-16(2)30-31-22(29-25)18-4-3-5-20(12-18)28-23-21-19(8-11-33(21)27-15-26-23)14-32-9-6-17(13-24)7-10-32/h3-5,8,11-12,15-17H,6-7,9-10,14,25H2,1-2H3,(H,26,27,28). The Morgan fingerprint density at radius 3 is 2.85 bits per heavy atom. The van der Waals surface area contributed by atoms with Crippen molar-refractivity contribution in [2.24, 2.45) is 27.1 Å². The van der Waals surface area contributed by atoms with Crippen molar-refractivity contribution in [3.05, 3.63) is 54.0 Å². The van der Waals surface area contributed by atoms with E-state index in [1.165, 1.54) is 6.33 Å². The van der Waals surface area contributed by atoms with Crippen LogP contribution >= 0.6 is 0 Å². The third-order valence-corrected chi connectivity index (χ3v) is 5.59. The van der Waals surface area contributed by atoms with Gasteiger partial charge in [0.1, 0.15) is 11.8 Å². The Labute approximate surface area is 192 Å². The van der Waals surface area contributed by atoms with Crippen LogP contribution in [0.3, 0.4) is 0 Å². The molecule has 3 N–H and O–H groups in total. The molecular weight excluding hydrogens is 416 g/mol. The highest BCUT2D eigenvalue weighted by Crippen LogP contribution is 2.26. The van der Waals surface area contributed by atoms with Gasteiger partial charge in [0.2, 0.25) is 0 Å². The van der Waals surface area contributed by atoms with Gasteiger partial charge in [-0.15, -0.1) is 5.11 Å². The first kappa shape index (κ1) is 22.4. The Bertz CT molecular complexity index is 1200. The second-order valence-electron chi connectivity index (χ2n) is 8.39. The summed E-state index contributed by atoms with van der Waals surface area (Å²) in [6.07, 6.45) is 5.30. The maximum atomic E-state index is 9.15. The van der Waals surface area contributed by atoms with E-state index in [2.05, 4.69) is 47.8 Å². The van der Waals surface area contributed by atoms with Crippen LogP contribution in [0.2, 0.25) is 0 Å². The number of rotatable bonds is 6. The van der Waals surface area contributed by atoms with Gasteiger partial charge in [0.05, 0.1) is 12.1 Å². The molecule has 0 spiro atoms. The van der Waals surface area contributed by atoms with Crippen LogP contribution < -0.4 is 11.2 Å². The topological polar surface area (TPSA) is 132 Å². The van der Waals surface area contributed by atoms with Gasteiger partial charge in [-0.1, -0.05) is 12.1 Å². The summed E-state index contributed by atoms with van der Waals surface area (Å²) in [6.45, 7) is 6.50. The Balaban J connectivity index is 1.57. The normalized spacial score (nSPS) is 16.0. The summed E-state index contributed by atoms with van der Waals surface area (Å²) in [5, 5.41) is 29.0. The van der Waals surface area contributed by atoms with Gasteiger partial charge in [0.25, 0.3) is 0 Å². The Hall–Kier alpha value is -3.84. The van der Waals surface area contributed by atoms with Gasteiger partial charge in [-0.25, -0.2) is 9.50 Å². The lowest BCUT2D eigenvalue weighted by molar-refractivity contribution is 0.199. The summed E-state index contributed by atoms with van der Waals surface area (Å²) in [5.74, 6) is 6.79. The number of likely N-dealkylation sites (tertiary alicyclic amines) is 1. The predicted molar refractivity (Wildman–Crippen MR) is 127 cm³/mol. The second kappa shape index (κ2) is 10.2. The fraction of sp³-hybridized carbons (Fsp3) is 0.391. The van der Waals surface area contributed by atoms with E-state index < -0.39 is 0 Å². The first-order valence-electron chi connectivity index (χ1n) is 11.1. The molecule has 3 heterocycles. The summed E-state index contributed by atoms with van der Waals surface area (Å²) in [4.78, 5) is 6.89. The molecule has 10 heteroatoms. The highest BCUT2D eigenvalue weighted by molar-refractivity contribution is 5.99. The molecule has 1 aliphatic rings. The number of aromatic nitrogens is 3. The highest BCUT2D eigenvalue weighted by Gasteiger charge is 2.20. The number of nitrogens with zero attached hydrogens (tertiary/aromatic N) is 8. The zero-order valence-corrected chi connectivity index (χ0v) is 18.9. The average Bonchev–Trinajstić information content (AvgIpc) is 3.24. The van der Waals surface area contributed by atoms with Crippen LogP contribution in [0.25, 0.3) is 5.52 Å². The molecule has 1 aromatic carbocycles. The number of piperidine rings is 1. The molecule has 1 saturated heterocycles. The predicted octanol–water partition coefficient (Wildman–Crippen LogP) is 3.69. The molecule has 1 aliphatic heterocycles. The number of hydrogen-bond acceptors (Lipinski definition) is 8. The van der Waals surface area contributed by atoms with Crippen molar-refractivity contribution >= 4 is 22.9 Å². The quantitative estimate of drug-likeness (QED) is 0.196. The molecule has 3 aromatic rings. The molecule has 0 unspecified atom stereocenters. The van der Waals surface area contributed by atoms with Crippen LogP contribution in [0.5, 0.6) is 0 Å². The maximum Gasteiger partial charge on any atom is 0.200 e. The van der Waals surface area contributed by atoms with E-state index in [9.17, 15) is 0 Å². The van der Waals surface area contributed by atoms with Crippen LogP contribution in [0, 0.1) is 17.2 Å². The number of fused-ring (bicyclic) bond motifs is 1. The minimum atomic E-state index is 0.0517. The Kier molecular flexibility index (Phi) is 6.90. The summed E-state index contributed by atoms with van der Waals surface area (Å²) in [5.41, 5.74) is 3.65. The van der Waals surface area contributed by atoms with E-state index in [-0.39, 0.29) is 12.0 Å². The van der Waals surface area contributed by atoms with Crippen LogP contribution in [0.1, 0.15) is 37.8 Å². The summed E-state index contributed by atoms with van der Waals surface area (Å²) < 4.78 is 1.83. The molecule has 0 atom stereocenters. The average molecular weight is 445 g/mol. The van der Waals surface area contributed by atoms with Crippen LogP contribution in [-0.4, -0.2) is 44.5 Å². The zero-order chi connectivity index (χ0) is 23.2. The minimum Gasteiger partial charge on any atom is -0.338 e. The van der Waals surface area contributed by atoms with E-state index in [4.69, 9.17) is 11.1 Å². The number of nitrogens with one attached hydrogen (secondary N) is 1. The van der Waals surface area contributed by atoms with Gasteiger partial charge >= 0.3 is 0 Å². The third-order valence-electron chi connectivity index (χ3n) is 5.59. The van der Waals surface area contributed by atoms with Gasteiger partial charge in [-0.3, -0.25) is 4.90 Å². The summed E-state index contributed by atoms with van der Waals surface area (Å²) >= 11 is 0. The molecule has 1 fully saturated rings. The SMILES string of the molecule is CC(C)N=NC(=NN)c1cccc(Nc2ncnn3ccc(CN4CCC(C#N)CC4)c23)c1. The number of hydrogen-bond donors (Lipinski definition) is 2. The molecule has 0 saturated carbocycles. The molecule has 4 rings (SSSR count). The van der Waals surface area contributed by atoms with Crippen LogP contribution in [0.4, 0.5) is 11.5 Å². The van der Waals surface area contributed by atoms with Crippen molar-refractivity contribution in [2.45, 2.75) is 39.3 Å². The van der Waals surface area contributed by atoms with Crippen LogP contribution in [0.15, 0.2) is 58.2 Å². The number of amidine groups is 1. The molecular formula is C23H28N10. The first-order valence-corrected chi connectivity index (χ1v) is 11.1. The molecule has 2 aromatic heterocycles.